The summed E-state index contributed by atoms with van der Waals surface area (Å²) in [6.45, 7) is 6.14. The van der Waals surface area contributed by atoms with Crippen molar-refractivity contribution < 1.29 is 0 Å². The Hall–Kier alpha value is -1.02. The maximum absolute atomic E-state index is 2.73. The van der Waals surface area contributed by atoms with E-state index in [0.29, 0.717) is 0 Å². The van der Waals surface area contributed by atoms with Crippen molar-refractivity contribution in [2.75, 3.05) is 24.5 Å². The minimum atomic E-state index is 0.785. The van der Waals surface area contributed by atoms with Gasteiger partial charge in [0.1, 0.15) is 0 Å². The Balaban J connectivity index is 1.66. The first-order valence-corrected chi connectivity index (χ1v) is 6.90. The third-order valence-electron chi connectivity index (χ3n) is 4.36. The Morgan fingerprint density at radius 3 is 2.59 bits per heavy atom. The molecule has 2 fully saturated rings. The lowest BCUT2D eigenvalue weighted by Crippen LogP contribution is -2.39. The van der Waals surface area contributed by atoms with Crippen molar-refractivity contribution in [1.82, 2.24) is 4.90 Å². The summed E-state index contributed by atoms with van der Waals surface area (Å²) in [6, 6.07) is 12.4. The first kappa shape index (κ1) is 11.1. The van der Waals surface area contributed by atoms with Crippen molar-refractivity contribution in [2.45, 2.75) is 38.3 Å². The van der Waals surface area contributed by atoms with E-state index in [1.807, 2.05) is 0 Å². The molecule has 2 heteroatoms. The summed E-state index contributed by atoms with van der Waals surface area (Å²) in [4.78, 5) is 5.26. The number of para-hydroxylation sites is 1. The first-order chi connectivity index (χ1) is 8.34. The normalized spacial score (nSPS) is 30.1. The van der Waals surface area contributed by atoms with E-state index in [0.717, 1.165) is 12.1 Å². The van der Waals surface area contributed by atoms with Crippen molar-refractivity contribution >= 4 is 5.69 Å². The summed E-state index contributed by atoms with van der Waals surface area (Å²) in [5.74, 6) is 0. The molecule has 2 atom stereocenters. The molecule has 0 N–H and O–H groups in total. The van der Waals surface area contributed by atoms with Crippen LogP contribution in [-0.4, -0.2) is 36.6 Å². The highest BCUT2D eigenvalue weighted by Crippen LogP contribution is 2.27. The van der Waals surface area contributed by atoms with Gasteiger partial charge in [-0.25, -0.2) is 0 Å². The molecule has 0 saturated carbocycles. The number of hydrogen-bond acceptors (Lipinski definition) is 2. The van der Waals surface area contributed by atoms with E-state index in [4.69, 9.17) is 0 Å². The molecule has 2 saturated heterocycles. The average molecular weight is 230 g/mol. The maximum atomic E-state index is 2.73. The fraction of sp³-hybridized carbons (Fsp3) is 0.600. The number of likely N-dealkylation sites (tertiary alicyclic amines) is 1. The van der Waals surface area contributed by atoms with Gasteiger partial charge in [-0.05, 0) is 44.9 Å². The number of nitrogens with zero attached hydrogens (tertiary/aromatic N) is 2. The quantitative estimate of drug-likeness (QED) is 0.771. The minimum Gasteiger partial charge on any atom is -0.370 e. The molecule has 0 aliphatic carbocycles. The van der Waals surface area contributed by atoms with E-state index in [1.165, 1.54) is 44.6 Å². The predicted molar refractivity (Wildman–Crippen MR) is 72.5 cm³/mol. The number of rotatable bonds is 2. The number of benzene rings is 1. The fourth-order valence-corrected chi connectivity index (χ4v) is 3.38. The summed E-state index contributed by atoms with van der Waals surface area (Å²) < 4.78 is 0. The van der Waals surface area contributed by atoms with Crippen molar-refractivity contribution in [2.24, 2.45) is 0 Å². The fourth-order valence-electron chi connectivity index (χ4n) is 3.38. The molecule has 0 spiro atoms. The number of hydrogen-bond donors (Lipinski definition) is 0. The van der Waals surface area contributed by atoms with Gasteiger partial charge in [0.2, 0.25) is 0 Å². The van der Waals surface area contributed by atoms with Crippen LogP contribution < -0.4 is 4.90 Å². The average Bonchev–Trinajstić information content (AvgIpc) is 2.98. The van der Waals surface area contributed by atoms with Gasteiger partial charge in [0.25, 0.3) is 0 Å². The molecular weight excluding hydrogens is 208 g/mol. The highest BCUT2D eigenvalue weighted by molar-refractivity contribution is 5.47. The lowest BCUT2D eigenvalue weighted by Gasteiger charge is -2.28. The summed E-state index contributed by atoms with van der Waals surface area (Å²) in [5.41, 5.74) is 1.39. The topological polar surface area (TPSA) is 6.48 Å². The van der Waals surface area contributed by atoms with Crippen LogP contribution in [0.5, 0.6) is 0 Å². The van der Waals surface area contributed by atoms with Crippen molar-refractivity contribution in [3.63, 3.8) is 0 Å². The van der Waals surface area contributed by atoms with Gasteiger partial charge in [-0.2, -0.15) is 0 Å². The van der Waals surface area contributed by atoms with E-state index in [1.54, 1.807) is 0 Å². The summed E-state index contributed by atoms with van der Waals surface area (Å²) in [6.07, 6.45) is 4.12. The van der Waals surface area contributed by atoms with E-state index >= 15 is 0 Å². The van der Waals surface area contributed by atoms with Gasteiger partial charge >= 0.3 is 0 Å². The third-order valence-corrected chi connectivity index (χ3v) is 4.36. The standard InChI is InChI=1S/C15H22N2/c1-13-6-5-10-17(13)15-9-11-16(12-15)14-7-3-2-4-8-14/h2-4,7-8,13,15H,5-6,9-12H2,1H3. The van der Waals surface area contributed by atoms with Crippen LogP contribution in [0.4, 0.5) is 5.69 Å². The van der Waals surface area contributed by atoms with Crippen molar-refractivity contribution in [1.29, 1.82) is 0 Å². The first-order valence-electron chi connectivity index (χ1n) is 6.90. The van der Waals surface area contributed by atoms with Crippen LogP contribution in [0.25, 0.3) is 0 Å². The molecule has 0 radical (unpaired) electrons. The molecule has 2 aliphatic heterocycles. The van der Waals surface area contributed by atoms with Crippen LogP contribution in [-0.2, 0) is 0 Å². The van der Waals surface area contributed by atoms with E-state index in [2.05, 4.69) is 47.1 Å². The summed E-state index contributed by atoms with van der Waals surface area (Å²) in [7, 11) is 0. The second-order valence-corrected chi connectivity index (χ2v) is 5.45. The second kappa shape index (κ2) is 4.69. The zero-order chi connectivity index (χ0) is 11.7. The van der Waals surface area contributed by atoms with E-state index in [-0.39, 0.29) is 0 Å². The molecule has 1 aromatic rings. The zero-order valence-electron chi connectivity index (χ0n) is 10.7. The van der Waals surface area contributed by atoms with Gasteiger partial charge in [-0.3, -0.25) is 4.90 Å². The molecule has 3 rings (SSSR count). The lowest BCUT2D eigenvalue weighted by molar-refractivity contribution is 0.204. The van der Waals surface area contributed by atoms with Gasteiger partial charge in [-0.1, -0.05) is 18.2 Å². The van der Waals surface area contributed by atoms with Gasteiger partial charge in [0, 0.05) is 30.9 Å². The molecule has 0 amide bonds. The smallest absolute Gasteiger partial charge is 0.0366 e. The maximum Gasteiger partial charge on any atom is 0.0366 e. The van der Waals surface area contributed by atoms with Gasteiger partial charge in [0.05, 0.1) is 0 Å². The SMILES string of the molecule is CC1CCCN1C1CCN(c2ccccc2)C1. The molecule has 0 aromatic heterocycles. The predicted octanol–water partition coefficient (Wildman–Crippen LogP) is 2.75. The summed E-state index contributed by atoms with van der Waals surface area (Å²) in [5, 5.41) is 0. The van der Waals surface area contributed by atoms with Crippen LogP contribution in [0, 0.1) is 0 Å². The Kier molecular flexibility index (Phi) is 3.06. The van der Waals surface area contributed by atoms with Crippen LogP contribution in [0.3, 0.4) is 0 Å². The van der Waals surface area contributed by atoms with E-state index in [9.17, 15) is 0 Å². The zero-order valence-corrected chi connectivity index (χ0v) is 10.7. The molecular formula is C15H22N2. The molecule has 2 nitrogen and oxygen atoms in total. The highest BCUT2D eigenvalue weighted by atomic mass is 15.3. The lowest BCUT2D eigenvalue weighted by atomic mass is 10.2. The van der Waals surface area contributed by atoms with Crippen LogP contribution in [0.15, 0.2) is 30.3 Å². The number of anilines is 1. The van der Waals surface area contributed by atoms with Gasteiger partial charge in [0.15, 0.2) is 0 Å². The Morgan fingerprint density at radius 1 is 1.06 bits per heavy atom. The highest BCUT2D eigenvalue weighted by Gasteiger charge is 2.32. The second-order valence-electron chi connectivity index (χ2n) is 5.45. The largest absolute Gasteiger partial charge is 0.370 e. The van der Waals surface area contributed by atoms with E-state index < -0.39 is 0 Å². The molecule has 1 aromatic carbocycles. The van der Waals surface area contributed by atoms with Crippen molar-refractivity contribution in [3.05, 3.63) is 30.3 Å². The molecule has 0 bridgehead atoms. The molecule has 2 aliphatic rings. The monoisotopic (exact) mass is 230 g/mol. The molecule has 2 unspecified atom stereocenters. The Morgan fingerprint density at radius 2 is 1.88 bits per heavy atom. The van der Waals surface area contributed by atoms with Crippen LogP contribution >= 0.6 is 0 Å². The molecule has 17 heavy (non-hydrogen) atoms. The van der Waals surface area contributed by atoms with Crippen LogP contribution in [0.2, 0.25) is 0 Å². The van der Waals surface area contributed by atoms with Crippen molar-refractivity contribution in [3.8, 4) is 0 Å². The molecule has 2 heterocycles. The summed E-state index contributed by atoms with van der Waals surface area (Å²) >= 11 is 0. The Bertz CT molecular complexity index is 362. The van der Waals surface area contributed by atoms with Gasteiger partial charge < -0.3 is 4.90 Å². The van der Waals surface area contributed by atoms with Crippen LogP contribution in [0.1, 0.15) is 26.2 Å². The Labute approximate surface area is 104 Å². The third kappa shape index (κ3) is 2.19. The molecule has 92 valence electrons. The minimum absolute atomic E-state index is 0.785. The van der Waals surface area contributed by atoms with Gasteiger partial charge in [-0.15, -0.1) is 0 Å².